The Hall–Kier alpha value is -2.66. The maximum atomic E-state index is 12.9. The number of hydrogen-bond donors (Lipinski definition) is 2. The molecule has 0 aliphatic heterocycles. The maximum Gasteiger partial charge on any atom is 0.194 e. The summed E-state index contributed by atoms with van der Waals surface area (Å²) in [4.78, 5) is 15.1. The van der Waals surface area contributed by atoms with Gasteiger partial charge in [-0.15, -0.1) is 0 Å². The molecule has 0 amide bonds. The number of benzene rings is 3. The molecule has 4 nitrogen and oxygen atoms in total. The average Bonchev–Trinajstić information content (AvgIpc) is 2.74. The topological polar surface area (TPSA) is 44.4 Å². The number of ketones is 1. The van der Waals surface area contributed by atoms with Crippen molar-refractivity contribution >= 4 is 28.8 Å². The van der Waals surface area contributed by atoms with Crippen molar-refractivity contribution < 1.29 is 4.79 Å². The van der Waals surface area contributed by atoms with Crippen molar-refractivity contribution in [3.8, 4) is 0 Å². The van der Waals surface area contributed by atoms with E-state index in [1.165, 1.54) is 5.56 Å². The summed E-state index contributed by atoms with van der Waals surface area (Å²) in [5.41, 5.74) is 5.28. The van der Waals surface area contributed by atoms with E-state index in [2.05, 4.69) is 47.8 Å². The second-order valence-corrected chi connectivity index (χ2v) is 8.33. The fourth-order valence-corrected chi connectivity index (χ4v) is 3.68. The summed E-state index contributed by atoms with van der Waals surface area (Å²) < 4.78 is 0. The third-order valence-electron chi connectivity index (χ3n) is 5.21. The van der Waals surface area contributed by atoms with Crippen LogP contribution in [-0.2, 0) is 6.42 Å². The first-order chi connectivity index (χ1) is 15.0. The van der Waals surface area contributed by atoms with Gasteiger partial charge in [0.05, 0.1) is 5.02 Å². The van der Waals surface area contributed by atoms with Gasteiger partial charge in [0, 0.05) is 35.6 Å². The number of carbonyl (C=O) groups excluding carboxylic acids is 1. The Labute approximate surface area is 190 Å². The third kappa shape index (κ3) is 6.41. The van der Waals surface area contributed by atoms with Crippen LogP contribution in [0.3, 0.4) is 0 Å². The Morgan fingerprint density at radius 1 is 0.935 bits per heavy atom. The summed E-state index contributed by atoms with van der Waals surface area (Å²) >= 11 is 6.50. The maximum absolute atomic E-state index is 12.9. The Kier molecular flexibility index (Phi) is 8.24. The van der Waals surface area contributed by atoms with Crippen LogP contribution in [0.15, 0.2) is 66.7 Å². The lowest BCUT2D eigenvalue weighted by Gasteiger charge is -2.14. The monoisotopic (exact) mass is 435 g/mol. The summed E-state index contributed by atoms with van der Waals surface area (Å²) in [6.45, 7) is 4.83. The smallest absolute Gasteiger partial charge is 0.194 e. The van der Waals surface area contributed by atoms with Crippen LogP contribution in [0.5, 0.6) is 0 Å². The highest BCUT2D eigenvalue weighted by molar-refractivity contribution is 6.35. The van der Waals surface area contributed by atoms with E-state index in [1.54, 1.807) is 6.07 Å². The molecule has 0 saturated carbocycles. The quantitative estimate of drug-likeness (QED) is 0.334. The molecule has 3 aromatic rings. The standard InChI is InChI=1S/C26H30ClN3O/c1-19-8-4-6-10-22(19)26(31)23-13-12-21(18-24(23)27)29-25-11-7-5-9-20(25)14-15-28-16-17-30(2)3/h4-13,18,28-29H,14-17H2,1-3H3. The normalized spacial score (nSPS) is 11.0. The zero-order chi connectivity index (χ0) is 22.2. The first-order valence-electron chi connectivity index (χ1n) is 10.6. The summed E-state index contributed by atoms with van der Waals surface area (Å²) in [5.74, 6) is -0.0566. The van der Waals surface area contributed by atoms with Gasteiger partial charge in [0.15, 0.2) is 5.78 Å². The predicted molar refractivity (Wildman–Crippen MR) is 131 cm³/mol. The lowest BCUT2D eigenvalue weighted by molar-refractivity contribution is 0.103. The van der Waals surface area contributed by atoms with Crippen molar-refractivity contribution in [1.82, 2.24) is 10.2 Å². The van der Waals surface area contributed by atoms with Gasteiger partial charge in [-0.3, -0.25) is 4.79 Å². The molecule has 0 heterocycles. The molecule has 2 N–H and O–H groups in total. The van der Waals surface area contributed by atoms with Gasteiger partial charge in [0.25, 0.3) is 0 Å². The van der Waals surface area contributed by atoms with E-state index in [-0.39, 0.29) is 5.78 Å². The molecule has 0 spiro atoms. The number of nitrogens with zero attached hydrogens (tertiary/aromatic N) is 1. The van der Waals surface area contributed by atoms with Crippen LogP contribution in [0.2, 0.25) is 5.02 Å². The van der Waals surface area contributed by atoms with Crippen molar-refractivity contribution in [3.63, 3.8) is 0 Å². The molecule has 0 aromatic heterocycles. The van der Waals surface area contributed by atoms with Gasteiger partial charge in [-0.1, -0.05) is 54.1 Å². The number of hydrogen-bond acceptors (Lipinski definition) is 4. The Bertz CT molecular complexity index is 1030. The first-order valence-corrected chi connectivity index (χ1v) is 10.9. The molecule has 5 heteroatoms. The highest BCUT2D eigenvalue weighted by Gasteiger charge is 2.15. The van der Waals surface area contributed by atoms with Crippen molar-refractivity contribution in [1.29, 1.82) is 0 Å². The Morgan fingerprint density at radius 2 is 1.68 bits per heavy atom. The van der Waals surface area contributed by atoms with Crippen LogP contribution < -0.4 is 10.6 Å². The fourth-order valence-electron chi connectivity index (χ4n) is 3.42. The Balaban J connectivity index is 1.69. The van der Waals surface area contributed by atoms with E-state index in [0.29, 0.717) is 16.1 Å². The lowest BCUT2D eigenvalue weighted by Crippen LogP contribution is -2.28. The van der Waals surface area contributed by atoms with E-state index in [1.807, 2.05) is 49.4 Å². The summed E-state index contributed by atoms with van der Waals surface area (Å²) in [6, 6.07) is 21.4. The molecule has 3 aromatic carbocycles. The molecule has 0 atom stereocenters. The second-order valence-electron chi connectivity index (χ2n) is 7.92. The molecule has 0 saturated heterocycles. The molecule has 31 heavy (non-hydrogen) atoms. The third-order valence-corrected chi connectivity index (χ3v) is 5.52. The molecule has 0 radical (unpaired) electrons. The highest BCUT2D eigenvalue weighted by Crippen LogP contribution is 2.27. The fraction of sp³-hybridized carbons (Fsp3) is 0.269. The number of para-hydroxylation sites is 1. The van der Waals surface area contributed by atoms with Gasteiger partial charge < -0.3 is 15.5 Å². The van der Waals surface area contributed by atoms with Crippen LogP contribution >= 0.6 is 11.6 Å². The van der Waals surface area contributed by atoms with Crippen LogP contribution in [-0.4, -0.2) is 44.4 Å². The van der Waals surface area contributed by atoms with E-state index < -0.39 is 0 Å². The molecule has 0 aliphatic carbocycles. The number of aryl methyl sites for hydroxylation is 1. The van der Waals surface area contributed by atoms with Gasteiger partial charge in [0.2, 0.25) is 0 Å². The number of halogens is 1. The SMILES string of the molecule is Cc1ccccc1C(=O)c1ccc(Nc2ccccc2CCNCCN(C)C)cc1Cl. The van der Waals surface area contributed by atoms with Crippen molar-refractivity contribution in [2.24, 2.45) is 0 Å². The van der Waals surface area contributed by atoms with Crippen LogP contribution in [0.1, 0.15) is 27.0 Å². The highest BCUT2D eigenvalue weighted by atomic mass is 35.5. The molecule has 0 unspecified atom stereocenters. The lowest BCUT2D eigenvalue weighted by atomic mass is 9.99. The van der Waals surface area contributed by atoms with Crippen molar-refractivity contribution in [3.05, 3.63) is 94.0 Å². The largest absolute Gasteiger partial charge is 0.355 e. The van der Waals surface area contributed by atoms with Crippen molar-refractivity contribution in [2.45, 2.75) is 13.3 Å². The summed E-state index contributed by atoms with van der Waals surface area (Å²) in [6.07, 6.45) is 0.925. The van der Waals surface area contributed by atoms with Crippen LogP contribution in [0, 0.1) is 6.92 Å². The molecule has 0 fully saturated rings. The van der Waals surface area contributed by atoms with E-state index in [4.69, 9.17) is 11.6 Å². The van der Waals surface area contributed by atoms with Crippen LogP contribution in [0.25, 0.3) is 0 Å². The number of nitrogens with one attached hydrogen (secondary N) is 2. The molecular weight excluding hydrogens is 406 g/mol. The minimum Gasteiger partial charge on any atom is -0.355 e. The van der Waals surface area contributed by atoms with E-state index in [9.17, 15) is 4.79 Å². The number of anilines is 2. The minimum absolute atomic E-state index is 0.0566. The zero-order valence-corrected chi connectivity index (χ0v) is 19.2. The molecule has 3 rings (SSSR count). The molecule has 162 valence electrons. The minimum atomic E-state index is -0.0566. The van der Waals surface area contributed by atoms with E-state index >= 15 is 0 Å². The van der Waals surface area contributed by atoms with Gasteiger partial charge in [-0.05, 0) is 69.4 Å². The van der Waals surface area contributed by atoms with Gasteiger partial charge in [-0.2, -0.15) is 0 Å². The first kappa shape index (κ1) is 23.0. The summed E-state index contributed by atoms with van der Waals surface area (Å²) in [5, 5.41) is 7.38. The van der Waals surface area contributed by atoms with Crippen molar-refractivity contribution in [2.75, 3.05) is 39.0 Å². The second kappa shape index (κ2) is 11.1. The number of likely N-dealkylation sites (N-methyl/N-ethyl adjacent to an activating group) is 1. The number of carbonyl (C=O) groups is 1. The zero-order valence-electron chi connectivity index (χ0n) is 18.4. The number of rotatable bonds is 10. The summed E-state index contributed by atoms with van der Waals surface area (Å²) in [7, 11) is 4.15. The molecule has 0 aliphatic rings. The van der Waals surface area contributed by atoms with Gasteiger partial charge >= 0.3 is 0 Å². The average molecular weight is 436 g/mol. The van der Waals surface area contributed by atoms with Crippen LogP contribution in [0.4, 0.5) is 11.4 Å². The van der Waals surface area contributed by atoms with Gasteiger partial charge in [0.1, 0.15) is 0 Å². The Morgan fingerprint density at radius 3 is 2.42 bits per heavy atom. The predicted octanol–water partition coefficient (Wildman–Crippen LogP) is 5.32. The van der Waals surface area contributed by atoms with E-state index in [0.717, 1.165) is 43.0 Å². The van der Waals surface area contributed by atoms with Gasteiger partial charge in [-0.25, -0.2) is 0 Å². The molecule has 0 bridgehead atoms. The molecular formula is C26H30ClN3O.